The van der Waals surface area contributed by atoms with E-state index in [4.69, 9.17) is 16.3 Å². The number of nitrogens with one attached hydrogen (secondary N) is 1. The van der Waals surface area contributed by atoms with Crippen LogP contribution in [0.4, 0.5) is 0 Å². The highest BCUT2D eigenvalue weighted by molar-refractivity contribution is 6.18. The summed E-state index contributed by atoms with van der Waals surface area (Å²) in [5, 5.41) is 2.80. The molecule has 0 unspecified atom stereocenters. The summed E-state index contributed by atoms with van der Waals surface area (Å²) in [5.41, 5.74) is 1.78. The minimum atomic E-state index is -0.0704. The van der Waals surface area contributed by atoms with Gasteiger partial charge in [-0.3, -0.25) is 4.79 Å². The summed E-state index contributed by atoms with van der Waals surface area (Å²) >= 11 is 5.48. The number of amides is 1. The van der Waals surface area contributed by atoms with Crippen LogP contribution in [0.25, 0.3) is 0 Å². The Kier molecular flexibility index (Phi) is 4.04. The van der Waals surface area contributed by atoms with E-state index >= 15 is 0 Å². The maximum atomic E-state index is 11.8. The number of ether oxygens (including phenoxy) is 1. The van der Waals surface area contributed by atoms with Gasteiger partial charge in [0.05, 0.1) is 6.61 Å². The summed E-state index contributed by atoms with van der Waals surface area (Å²) in [6, 6.07) is 5.53. The summed E-state index contributed by atoms with van der Waals surface area (Å²) in [6.07, 6.45) is 4.52. The van der Waals surface area contributed by atoms with Crippen molar-refractivity contribution in [3.8, 4) is 5.75 Å². The molecular weight excluding hydrogens is 238 g/mol. The summed E-state index contributed by atoms with van der Waals surface area (Å²) in [7, 11) is 0. The lowest BCUT2D eigenvalue weighted by Crippen LogP contribution is -2.23. The fourth-order valence-electron chi connectivity index (χ4n) is 1.73. The van der Waals surface area contributed by atoms with Crippen molar-refractivity contribution >= 4 is 17.5 Å². The predicted molar refractivity (Wildman–Crippen MR) is 67.8 cm³/mol. The smallest absolute Gasteiger partial charge is 0.251 e. The van der Waals surface area contributed by atoms with Crippen LogP contribution in [-0.4, -0.2) is 24.9 Å². The molecule has 1 aromatic carbocycles. The fourth-order valence-corrected chi connectivity index (χ4v) is 1.85. The number of alkyl halides is 1. The Bertz CT molecular complexity index is 443. The second-order valence-electron chi connectivity index (χ2n) is 3.76. The van der Waals surface area contributed by atoms with Crippen LogP contribution in [0.15, 0.2) is 30.4 Å². The van der Waals surface area contributed by atoms with E-state index in [0.29, 0.717) is 24.6 Å². The first-order chi connectivity index (χ1) is 8.31. The second-order valence-corrected chi connectivity index (χ2v) is 4.07. The van der Waals surface area contributed by atoms with Crippen molar-refractivity contribution in [3.05, 3.63) is 41.5 Å². The molecule has 1 N–H and O–H groups in total. The minimum absolute atomic E-state index is 0.0704. The average molecular weight is 252 g/mol. The van der Waals surface area contributed by atoms with Crippen molar-refractivity contribution in [2.75, 3.05) is 19.0 Å². The Morgan fingerprint density at radius 3 is 3.18 bits per heavy atom. The summed E-state index contributed by atoms with van der Waals surface area (Å²) < 4.78 is 5.39. The highest BCUT2D eigenvalue weighted by Crippen LogP contribution is 2.25. The summed E-state index contributed by atoms with van der Waals surface area (Å²) in [6.45, 7) is 1.21. The van der Waals surface area contributed by atoms with Crippen molar-refractivity contribution in [2.45, 2.75) is 6.42 Å². The molecule has 1 aliphatic rings. The third-order valence-electron chi connectivity index (χ3n) is 2.59. The maximum absolute atomic E-state index is 11.8. The van der Waals surface area contributed by atoms with E-state index in [2.05, 4.69) is 5.32 Å². The zero-order valence-corrected chi connectivity index (χ0v) is 10.2. The zero-order chi connectivity index (χ0) is 12.1. The third kappa shape index (κ3) is 3.01. The molecule has 0 aliphatic carbocycles. The maximum Gasteiger partial charge on any atom is 0.251 e. The Balaban J connectivity index is 1.97. The predicted octanol–water partition coefficient (Wildman–Crippen LogP) is 2.15. The number of allylic oxidation sites excluding steroid dienone is 1. The molecule has 1 heterocycles. The standard InChI is InChI=1S/C13H14ClNO2/c14-6-1-2-7-15-13(16)11-3-4-12-10(9-11)5-8-17-12/h1-4,9H,5-8H2,(H,15,16)/b2-1+. The fraction of sp³-hybridized carbons (Fsp3) is 0.308. The SMILES string of the molecule is O=C(NC/C=C/CCl)c1ccc2c(c1)CCO2. The minimum Gasteiger partial charge on any atom is -0.493 e. The van der Waals surface area contributed by atoms with Crippen LogP contribution in [0.1, 0.15) is 15.9 Å². The lowest BCUT2D eigenvalue weighted by atomic mass is 10.1. The van der Waals surface area contributed by atoms with Gasteiger partial charge in [0.15, 0.2) is 0 Å². The first-order valence-corrected chi connectivity index (χ1v) is 6.09. The monoisotopic (exact) mass is 251 g/mol. The molecule has 0 saturated carbocycles. The van der Waals surface area contributed by atoms with Crippen molar-refractivity contribution in [1.82, 2.24) is 5.32 Å². The van der Waals surface area contributed by atoms with Crippen LogP contribution in [0, 0.1) is 0 Å². The van der Waals surface area contributed by atoms with Crippen LogP contribution in [0.5, 0.6) is 5.75 Å². The third-order valence-corrected chi connectivity index (χ3v) is 2.77. The molecule has 1 aromatic rings. The van der Waals surface area contributed by atoms with Crippen LogP contribution < -0.4 is 10.1 Å². The number of hydrogen-bond acceptors (Lipinski definition) is 2. The van der Waals surface area contributed by atoms with Gasteiger partial charge < -0.3 is 10.1 Å². The number of fused-ring (bicyclic) bond motifs is 1. The molecule has 0 saturated heterocycles. The number of hydrogen-bond donors (Lipinski definition) is 1. The van der Waals surface area contributed by atoms with Gasteiger partial charge in [-0.25, -0.2) is 0 Å². The lowest BCUT2D eigenvalue weighted by molar-refractivity contribution is 0.0958. The van der Waals surface area contributed by atoms with Crippen molar-refractivity contribution in [3.63, 3.8) is 0 Å². The number of halogens is 1. The van der Waals surface area contributed by atoms with Gasteiger partial charge in [-0.2, -0.15) is 0 Å². The Hall–Kier alpha value is -1.48. The number of benzene rings is 1. The lowest BCUT2D eigenvalue weighted by Gasteiger charge is -2.04. The van der Waals surface area contributed by atoms with Gasteiger partial charge in [0.25, 0.3) is 5.91 Å². The van der Waals surface area contributed by atoms with Gasteiger partial charge >= 0.3 is 0 Å². The molecule has 2 rings (SSSR count). The van der Waals surface area contributed by atoms with E-state index in [9.17, 15) is 4.79 Å². The van der Waals surface area contributed by atoms with E-state index in [0.717, 1.165) is 17.7 Å². The Morgan fingerprint density at radius 2 is 2.35 bits per heavy atom. The summed E-state index contributed by atoms with van der Waals surface area (Å²) in [4.78, 5) is 11.8. The van der Waals surface area contributed by atoms with Gasteiger partial charge in [0.1, 0.15) is 5.75 Å². The highest BCUT2D eigenvalue weighted by Gasteiger charge is 2.14. The van der Waals surface area contributed by atoms with E-state index in [1.54, 1.807) is 12.1 Å². The molecule has 4 heteroatoms. The Morgan fingerprint density at radius 1 is 1.47 bits per heavy atom. The first-order valence-electron chi connectivity index (χ1n) is 5.56. The van der Waals surface area contributed by atoms with E-state index in [-0.39, 0.29) is 5.91 Å². The van der Waals surface area contributed by atoms with E-state index in [1.807, 2.05) is 18.2 Å². The molecule has 17 heavy (non-hydrogen) atoms. The number of carbonyl (C=O) groups excluding carboxylic acids is 1. The van der Waals surface area contributed by atoms with Crippen LogP contribution in [0.3, 0.4) is 0 Å². The molecule has 0 atom stereocenters. The van der Waals surface area contributed by atoms with Gasteiger partial charge in [0.2, 0.25) is 0 Å². The zero-order valence-electron chi connectivity index (χ0n) is 9.41. The van der Waals surface area contributed by atoms with Crippen molar-refractivity contribution < 1.29 is 9.53 Å². The number of carbonyl (C=O) groups is 1. The first kappa shape index (κ1) is 12.0. The van der Waals surface area contributed by atoms with Gasteiger partial charge in [-0.15, -0.1) is 11.6 Å². The molecule has 0 aromatic heterocycles. The van der Waals surface area contributed by atoms with Gasteiger partial charge in [0, 0.05) is 24.4 Å². The normalized spacial score (nSPS) is 13.5. The van der Waals surface area contributed by atoms with Crippen molar-refractivity contribution in [1.29, 1.82) is 0 Å². The average Bonchev–Trinajstić information content (AvgIpc) is 2.81. The van der Waals surface area contributed by atoms with E-state index in [1.165, 1.54) is 0 Å². The molecule has 1 amide bonds. The van der Waals surface area contributed by atoms with Crippen LogP contribution >= 0.6 is 11.6 Å². The molecule has 3 nitrogen and oxygen atoms in total. The molecule has 0 radical (unpaired) electrons. The molecular formula is C13H14ClNO2. The van der Waals surface area contributed by atoms with E-state index < -0.39 is 0 Å². The van der Waals surface area contributed by atoms with Gasteiger partial charge in [-0.05, 0) is 23.8 Å². The quantitative estimate of drug-likeness (QED) is 0.658. The Labute approximate surface area is 105 Å². The topological polar surface area (TPSA) is 38.3 Å². The molecule has 90 valence electrons. The van der Waals surface area contributed by atoms with Crippen LogP contribution in [0.2, 0.25) is 0 Å². The van der Waals surface area contributed by atoms with Crippen LogP contribution in [-0.2, 0) is 6.42 Å². The molecule has 0 spiro atoms. The molecule has 0 bridgehead atoms. The highest BCUT2D eigenvalue weighted by atomic mass is 35.5. The molecule has 0 fully saturated rings. The van der Waals surface area contributed by atoms with Gasteiger partial charge in [-0.1, -0.05) is 12.2 Å². The molecule has 1 aliphatic heterocycles. The number of rotatable bonds is 4. The second kappa shape index (κ2) is 5.73. The van der Waals surface area contributed by atoms with Crippen molar-refractivity contribution in [2.24, 2.45) is 0 Å². The largest absolute Gasteiger partial charge is 0.493 e. The summed E-state index contributed by atoms with van der Waals surface area (Å²) in [5.74, 6) is 1.29.